The second-order valence-corrected chi connectivity index (χ2v) is 7.10. The van der Waals surface area contributed by atoms with Gasteiger partial charge in [0.25, 0.3) is 0 Å². The molecule has 0 aromatic heterocycles. The van der Waals surface area contributed by atoms with Gasteiger partial charge in [0, 0.05) is 0 Å². The molecule has 1 rings (SSSR count). The van der Waals surface area contributed by atoms with Crippen molar-refractivity contribution in [2.24, 2.45) is 11.5 Å². The number of amides is 3. The van der Waals surface area contributed by atoms with Gasteiger partial charge in [0.1, 0.15) is 12.6 Å². The molecule has 0 heterocycles. The van der Waals surface area contributed by atoms with Crippen LogP contribution in [-0.4, -0.2) is 72.3 Å². The Kier molecular flexibility index (Phi) is 11.9. The fraction of sp³-hybridized carbons (Fsp3) is 0.524. The predicted octanol–water partition coefficient (Wildman–Crippen LogP) is -0.353. The number of unbranched alkanes of at least 4 members (excludes halogenated alkanes) is 1. The van der Waals surface area contributed by atoms with E-state index < -0.39 is 48.6 Å². The zero-order valence-corrected chi connectivity index (χ0v) is 18.4. The van der Waals surface area contributed by atoms with Crippen LogP contribution < -0.4 is 16.8 Å². The first-order valence-corrected chi connectivity index (χ1v) is 10.2. The number of ether oxygens (including phenoxy) is 2. The summed E-state index contributed by atoms with van der Waals surface area (Å²) in [6.45, 7) is 0.865. The highest BCUT2D eigenvalue weighted by molar-refractivity contribution is 6.00. The molecule has 0 aliphatic heterocycles. The number of nitrogens with zero attached hydrogens (tertiary/aromatic N) is 1. The molecular weight excluding hydrogens is 420 g/mol. The van der Waals surface area contributed by atoms with Crippen molar-refractivity contribution in [2.75, 3.05) is 20.3 Å². The third kappa shape index (κ3) is 8.25. The van der Waals surface area contributed by atoms with Gasteiger partial charge in [0.05, 0.1) is 19.8 Å². The molecule has 0 fully saturated rings. The number of methoxy groups -OCH3 is 1. The lowest BCUT2D eigenvalue weighted by Gasteiger charge is -2.30. The Balaban J connectivity index is 3.15. The molecule has 11 heteroatoms. The van der Waals surface area contributed by atoms with Gasteiger partial charge in [-0.1, -0.05) is 30.3 Å². The summed E-state index contributed by atoms with van der Waals surface area (Å²) in [5.41, 5.74) is 11.9. The number of aliphatic hydroxyl groups is 1. The van der Waals surface area contributed by atoms with Crippen molar-refractivity contribution in [1.29, 1.82) is 0 Å². The summed E-state index contributed by atoms with van der Waals surface area (Å²) in [5.74, 6) is -2.54. The summed E-state index contributed by atoms with van der Waals surface area (Å²) in [7, 11) is 1.10. The minimum Gasteiger partial charge on any atom is -0.467 e. The molecule has 6 N–H and O–H groups in total. The smallest absolute Gasteiger partial charge is 0.417 e. The van der Waals surface area contributed by atoms with Gasteiger partial charge >= 0.3 is 12.1 Å². The average Bonchev–Trinajstić information content (AvgIpc) is 2.80. The molecule has 0 aliphatic rings. The van der Waals surface area contributed by atoms with Crippen LogP contribution in [0.1, 0.15) is 31.7 Å². The van der Waals surface area contributed by atoms with E-state index in [0.29, 0.717) is 29.8 Å². The highest BCUT2D eigenvalue weighted by atomic mass is 16.6. The number of hydrogen-bond donors (Lipinski definition) is 4. The minimum atomic E-state index is -1.36. The van der Waals surface area contributed by atoms with Gasteiger partial charge in [0.15, 0.2) is 6.04 Å². The first kappa shape index (κ1) is 27.0. The monoisotopic (exact) mass is 452 g/mol. The first-order valence-electron chi connectivity index (χ1n) is 10.2. The Morgan fingerprint density at radius 2 is 1.81 bits per heavy atom. The molecule has 32 heavy (non-hydrogen) atoms. The second kappa shape index (κ2) is 14.1. The molecule has 0 spiro atoms. The maximum Gasteiger partial charge on any atom is 0.417 e. The molecule has 1 aromatic rings. The number of rotatable bonds is 12. The molecule has 0 bridgehead atoms. The largest absolute Gasteiger partial charge is 0.467 e. The zero-order valence-electron chi connectivity index (χ0n) is 18.4. The van der Waals surface area contributed by atoms with Crippen molar-refractivity contribution < 1.29 is 33.8 Å². The summed E-state index contributed by atoms with van der Waals surface area (Å²) in [5, 5.41) is 11.7. The molecule has 1 aromatic carbocycles. The van der Waals surface area contributed by atoms with Gasteiger partial charge in [-0.15, -0.1) is 0 Å². The van der Waals surface area contributed by atoms with Crippen molar-refractivity contribution in [2.45, 2.75) is 50.9 Å². The normalized spacial score (nSPS) is 13.4. The van der Waals surface area contributed by atoms with Crippen molar-refractivity contribution in [3.63, 3.8) is 0 Å². The number of nitrogens with two attached hydrogens (primary N) is 2. The van der Waals surface area contributed by atoms with Crippen LogP contribution in [0.5, 0.6) is 0 Å². The molecule has 11 nitrogen and oxygen atoms in total. The van der Waals surface area contributed by atoms with E-state index in [-0.39, 0.29) is 13.0 Å². The third-order valence-corrected chi connectivity index (χ3v) is 4.56. The van der Waals surface area contributed by atoms with Crippen LogP contribution in [-0.2, 0) is 30.5 Å². The Morgan fingerprint density at radius 3 is 2.34 bits per heavy atom. The van der Waals surface area contributed by atoms with Gasteiger partial charge in [0.2, 0.25) is 11.8 Å². The standard InChI is InChI=1S/C21H32N4O7/c1-14(23)19(28)25(21(30)32-13-15-8-4-3-5-9-15)17(10-6-7-11-22)18(27)24-16(12-26)20(29)31-2/h3-5,8-9,14,16-17,26H,6-7,10-13,22-23H2,1-2H3,(H,24,27)/t14-,16-,17-/m0/s1. The van der Waals surface area contributed by atoms with E-state index in [1.165, 1.54) is 6.92 Å². The maximum absolute atomic E-state index is 13.0. The van der Waals surface area contributed by atoms with E-state index in [9.17, 15) is 24.3 Å². The fourth-order valence-electron chi connectivity index (χ4n) is 2.83. The summed E-state index contributed by atoms with van der Waals surface area (Å²) >= 11 is 0. The van der Waals surface area contributed by atoms with Crippen molar-refractivity contribution >= 4 is 23.9 Å². The number of aliphatic hydroxyl groups excluding tert-OH is 1. The van der Waals surface area contributed by atoms with Crippen LogP contribution in [0.2, 0.25) is 0 Å². The van der Waals surface area contributed by atoms with Crippen LogP contribution in [0.4, 0.5) is 4.79 Å². The number of nitrogens with one attached hydrogen (secondary N) is 1. The lowest BCUT2D eigenvalue weighted by molar-refractivity contribution is -0.147. The summed E-state index contributed by atoms with van der Waals surface area (Å²) < 4.78 is 9.81. The molecule has 0 unspecified atom stereocenters. The number of carbonyl (C=O) groups is 4. The van der Waals surface area contributed by atoms with Crippen LogP contribution >= 0.6 is 0 Å². The second-order valence-electron chi connectivity index (χ2n) is 7.10. The number of imide groups is 1. The summed E-state index contributed by atoms with van der Waals surface area (Å²) in [4.78, 5) is 51.0. The highest BCUT2D eigenvalue weighted by Crippen LogP contribution is 2.15. The molecule has 0 saturated heterocycles. The van der Waals surface area contributed by atoms with E-state index >= 15 is 0 Å². The van der Waals surface area contributed by atoms with Crippen LogP contribution in [0, 0.1) is 0 Å². The Labute approximate surface area is 187 Å². The van der Waals surface area contributed by atoms with E-state index in [2.05, 4.69) is 10.1 Å². The lowest BCUT2D eigenvalue weighted by Crippen LogP contribution is -2.58. The number of hydrogen-bond acceptors (Lipinski definition) is 9. The number of benzene rings is 1. The van der Waals surface area contributed by atoms with Crippen LogP contribution in [0.15, 0.2) is 30.3 Å². The summed E-state index contributed by atoms with van der Waals surface area (Å²) in [6, 6.07) is 5.00. The Bertz CT molecular complexity index is 758. The lowest BCUT2D eigenvalue weighted by atomic mass is 10.1. The molecule has 0 saturated carbocycles. The molecule has 3 atom stereocenters. The maximum atomic E-state index is 13.0. The quantitative estimate of drug-likeness (QED) is 0.244. The first-order chi connectivity index (χ1) is 15.3. The number of carbonyl (C=O) groups excluding carboxylic acids is 4. The van der Waals surface area contributed by atoms with E-state index in [1.54, 1.807) is 30.3 Å². The van der Waals surface area contributed by atoms with Crippen molar-refractivity contribution in [3.8, 4) is 0 Å². The molecule has 178 valence electrons. The predicted molar refractivity (Wildman–Crippen MR) is 115 cm³/mol. The van der Waals surface area contributed by atoms with Crippen LogP contribution in [0.3, 0.4) is 0 Å². The van der Waals surface area contributed by atoms with Gasteiger partial charge in [-0.25, -0.2) is 14.5 Å². The van der Waals surface area contributed by atoms with Gasteiger partial charge < -0.3 is 31.4 Å². The Morgan fingerprint density at radius 1 is 1.16 bits per heavy atom. The van der Waals surface area contributed by atoms with Crippen molar-refractivity contribution in [1.82, 2.24) is 10.2 Å². The van der Waals surface area contributed by atoms with Gasteiger partial charge in [-0.3, -0.25) is 9.59 Å². The van der Waals surface area contributed by atoms with E-state index in [0.717, 1.165) is 7.11 Å². The van der Waals surface area contributed by atoms with E-state index in [4.69, 9.17) is 16.2 Å². The topological polar surface area (TPSA) is 174 Å². The molecule has 3 amide bonds. The molecule has 0 aliphatic carbocycles. The van der Waals surface area contributed by atoms with Crippen LogP contribution in [0.25, 0.3) is 0 Å². The minimum absolute atomic E-state index is 0.0568. The Hall–Kier alpha value is -3.02. The number of esters is 1. The van der Waals surface area contributed by atoms with Gasteiger partial charge in [-0.05, 0) is 38.3 Å². The fourth-order valence-corrected chi connectivity index (χ4v) is 2.83. The SMILES string of the molecule is COC(=O)[C@H](CO)NC(=O)[C@H](CCCCN)N(C(=O)OCc1ccccc1)C(=O)[C@H](C)N. The van der Waals surface area contributed by atoms with Crippen molar-refractivity contribution in [3.05, 3.63) is 35.9 Å². The van der Waals surface area contributed by atoms with Gasteiger partial charge in [-0.2, -0.15) is 0 Å². The molecular formula is C21H32N4O7. The van der Waals surface area contributed by atoms with E-state index in [1.807, 2.05) is 0 Å². The zero-order chi connectivity index (χ0) is 24.1. The highest BCUT2D eigenvalue weighted by Gasteiger charge is 2.38. The third-order valence-electron chi connectivity index (χ3n) is 4.56. The average molecular weight is 453 g/mol. The molecule has 0 radical (unpaired) electrons. The summed E-state index contributed by atoms with van der Waals surface area (Å²) in [6.07, 6.45) is -0.0570.